The second-order valence-electron chi connectivity index (χ2n) is 22.7. The maximum absolute atomic E-state index is 12.8. The summed E-state index contributed by atoms with van der Waals surface area (Å²) in [6.07, 6.45) is 84.1. The minimum Gasteiger partial charge on any atom is -0.462 e. The number of ether oxygens (including phenoxy) is 3. The Morgan fingerprint density at radius 2 is 0.519 bits per heavy atom. The first-order valence-electron chi connectivity index (χ1n) is 33.8. The van der Waals surface area contributed by atoms with Gasteiger partial charge in [0, 0.05) is 19.3 Å². The summed E-state index contributed by atoms with van der Waals surface area (Å²) in [6, 6.07) is 0. The number of allylic oxidation sites excluding steroid dienone is 10. The number of carbonyl (C=O) groups excluding carboxylic acids is 3. The zero-order chi connectivity index (χ0) is 55.7. The van der Waals surface area contributed by atoms with E-state index in [1.54, 1.807) is 0 Å². The van der Waals surface area contributed by atoms with Gasteiger partial charge in [0.2, 0.25) is 0 Å². The second-order valence-corrected chi connectivity index (χ2v) is 22.7. The van der Waals surface area contributed by atoms with Crippen molar-refractivity contribution in [1.82, 2.24) is 0 Å². The van der Waals surface area contributed by atoms with Crippen molar-refractivity contribution in [3.8, 4) is 0 Å². The predicted octanol–water partition coefficient (Wildman–Crippen LogP) is 23.1. The van der Waals surface area contributed by atoms with Crippen LogP contribution >= 0.6 is 0 Å². The van der Waals surface area contributed by atoms with Gasteiger partial charge < -0.3 is 14.2 Å². The van der Waals surface area contributed by atoms with Gasteiger partial charge >= 0.3 is 17.9 Å². The lowest BCUT2D eigenvalue weighted by Crippen LogP contribution is -2.30. The van der Waals surface area contributed by atoms with E-state index in [9.17, 15) is 14.4 Å². The van der Waals surface area contributed by atoms with Crippen molar-refractivity contribution >= 4 is 17.9 Å². The van der Waals surface area contributed by atoms with Crippen molar-refractivity contribution in [2.45, 2.75) is 361 Å². The van der Waals surface area contributed by atoms with Crippen LogP contribution in [0.25, 0.3) is 0 Å². The number of esters is 3. The van der Waals surface area contributed by atoms with Crippen LogP contribution in [-0.2, 0) is 28.6 Å². The number of rotatable bonds is 62. The molecule has 0 spiro atoms. The summed E-state index contributed by atoms with van der Waals surface area (Å²) < 4.78 is 16.9. The summed E-state index contributed by atoms with van der Waals surface area (Å²) in [5.41, 5.74) is 0. The van der Waals surface area contributed by atoms with Gasteiger partial charge in [-0.1, -0.05) is 319 Å². The molecule has 448 valence electrons. The van der Waals surface area contributed by atoms with Gasteiger partial charge in [0.05, 0.1) is 0 Å². The molecule has 0 aliphatic carbocycles. The molecule has 0 aliphatic heterocycles. The van der Waals surface area contributed by atoms with E-state index in [0.29, 0.717) is 19.3 Å². The topological polar surface area (TPSA) is 78.9 Å². The van der Waals surface area contributed by atoms with Crippen LogP contribution in [0.5, 0.6) is 0 Å². The van der Waals surface area contributed by atoms with E-state index in [0.717, 1.165) is 89.9 Å². The molecule has 6 nitrogen and oxygen atoms in total. The van der Waals surface area contributed by atoms with Crippen molar-refractivity contribution in [2.75, 3.05) is 13.2 Å². The van der Waals surface area contributed by atoms with Gasteiger partial charge in [-0.05, 0) is 77.0 Å². The molecule has 0 saturated heterocycles. The number of carbonyl (C=O) groups is 3. The molecule has 0 fully saturated rings. The van der Waals surface area contributed by atoms with Crippen LogP contribution in [-0.4, -0.2) is 37.2 Å². The molecule has 0 heterocycles. The molecule has 0 amide bonds. The molecule has 0 radical (unpaired) electrons. The van der Waals surface area contributed by atoms with Gasteiger partial charge in [0.1, 0.15) is 13.2 Å². The monoisotopic (exact) mass is 1080 g/mol. The molecular weight excluding hydrogens is 949 g/mol. The molecule has 0 aromatic carbocycles. The van der Waals surface area contributed by atoms with E-state index >= 15 is 0 Å². The molecule has 1 unspecified atom stereocenters. The molecule has 1 atom stereocenters. The molecule has 0 aromatic heterocycles. The highest BCUT2D eigenvalue weighted by molar-refractivity contribution is 5.71. The minimum absolute atomic E-state index is 0.0702. The molecule has 0 aliphatic rings. The van der Waals surface area contributed by atoms with Gasteiger partial charge in [0.15, 0.2) is 6.10 Å². The summed E-state index contributed by atoms with van der Waals surface area (Å²) in [7, 11) is 0. The van der Waals surface area contributed by atoms with Crippen LogP contribution in [0.1, 0.15) is 355 Å². The average Bonchev–Trinajstić information content (AvgIpc) is 3.43. The normalized spacial score (nSPS) is 12.4. The van der Waals surface area contributed by atoms with E-state index in [4.69, 9.17) is 14.2 Å². The second kappa shape index (κ2) is 65.6. The maximum Gasteiger partial charge on any atom is 0.306 e. The fourth-order valence-corrected chi connectivity index (χ4v) is 9.95. The smallest absolute Gasteiger partial charge is 0.306 e. The summed E-state index contributed by atoms with van der Waals surface area (Å²) in [5.74, 6) is -0.860. The average molecular weight is 1080 g/mol. The van der Waals surface area contributed by atoms with Gasteiger partial charge in [-0.25, -0.2) is 0 Å². The standard InChI is InChI=1S/C71H128O6/c1-4-7-10-13-16-19-22-24-25-26-27-28-29-30-31-32-33-34-35-36-37-38-39-40-41-42-43-44-45-47-49-52-55-58-61-64-70(73)76-67-68(66-75-69(72)63-60-57-54-51-48-21-18-15-12-9-6-3)77-71(74)65-62-59-56-53-50-46-23-20-17-14-11-8-5-2/h7,10,15-16,18-19,24-25,27-28,68H,4-6,8-9,11-14,17,20-23,26,29-67H2,1-3H3/b10-7-,18-15-,19-16-,25-24-,28-27-. The van der Waals surface area contributed by atoms with Crippen LogP contribution in [0.3, 0.4) is 0 Å². The van der Waals surface area contributed by atoms with Gasteiger partial charge in [0.25, 0.3) is 0 Å². The first kappa shape index (κ1) is 74.1. The lowest BCUT2D eigenvalue weighted by atomic mass is 10.0. The highest BCUT2D eigenvalue weighted by Gasteiger charge is 2.19. The lowest BCUT2D eigenvalue weighted by molar-refractivity contribution is -0.167. The van der Waals surface area contributed by atoms with Crippen molar-refractivity contribution in [2.24, 2.45) is 0 Å². The molecule has 6 heteroatoms. The third-order valence-electron chi connectivity index (χ3n) is 15.0. The fourth-order valence-electron chi connectivity index (χ4n) is 9.95. The first-order valence-corrected chi connectivity index (χ1v) is 33.8. The molecule has 77 heavy (non-hydrogen) atoms. The maximum atomic E-state index is 12.8. The Hall–Kier alpha value is -2.89. The Morgan fingerprint density at radius 1 is 0.273 bits per heavy atom. The largest absolute Gasteiger partial charge is 0.462 e. The van der Waals surface area contributed by atoms with Crippen molar-refractivity contribution in [1.29, 1.82) is 0 Å². The fraction of sp³-hybridized carbons (Fsp3) is 0.817. The van der Waals surface area contributed by atoms with Crippen LogP contribution in [0.2, 0.25) is 0 Å². The molecule has 0 N–H and O–H groups in total. The van der Waals surface area contributed by atoms with E-state index in [1.165, 1.54) is 225 Å². The summed E-state index contributed by atoms with van der Waals surface area (Å²) >= 11 is 0. The van der Waals surface area contributed by atoms with Crippen LogP contribution in [0.15, 0.2) is 60.8 Å². The van der Waals surface area contributed by atoms with E-state index in [-0.39, 0.29) is 31.1 Å². The van der Waals surface area contributed by atoms with Crippen molar-refractivity contribution < 1.29 is 28.6 Å². The molecular formula is C71H128O6. The van der Waals surface area contributed by atoms with Crippen molar-refractivity contribution in [3.05, 3.63) is 60.8 Å². The number of hydrogen-bond donors (Lipinski definition) is 0. The SMILES string of the molecule is CC/C=C\C/C=C\C/C=C\C/C=C\CCCCCCCCCCCCCCCCCCCCCCCCC(=O)OCC(COC(=O)CCCCCCC/C=C\CCCC)OC(=O)CCCCCCCCCCCCCCC. The van der Waals surface area contributed by atoms with E-state index < -0.39 is 6.10 Å². The summed E-state index contributed by atoms with van der Waals surface area (Å²) in [6.45, 7) is 6.52. The Morgan fingerprint density at radius 3 is 0.844 bits per heavy atom. The predicted molar refractivity (Wildman–Crippen MR) is 335 cm³/mol. The van der Waals surface area contributed by atoms with E-state index in [1.807, 2.05) is 0 Å². The van der Waals surface area contributed by atoms with Crippen LogP contribution < -0.4 is 0 Å². The quantitative estimate of drug-likeness (QED) is 0.0261. The van der Waals surface area contributed by atoms with Gasteiger partial charge in [-0.2, -0.15) is 0 Å². The Kier molecular flexibility index (Phi) is 63.2. The van der Waals surface area contributed by atoms with Gasteiger partial charge in [-0.15, -0.1) is 0 Å². The zero-order valence-corrected chi connectivity index (χ0v) is 51.5. The minimum atomic E-state index is -0.771. The summed E-state index contributed by atoms with van der Waals surface area (Å²) in [4.78, 5) is 38.2. The molecule has 0 bridgehead atoms. The Balaban J connectivity index is 4.00. The zero-order valence-electron chi connectivity index (χ0n) is 51.5. The van der Waals surface area contributed by atoms with Crippen LogP contribution in [0, 0.1) is 0 Å². The number of hydrogen-bond acceptors (Lipinski definition) is 6. The third kappa shape index (κ3) is 63.8. The Bertz CT molecular complexity index is 1380. The molecule has 0 rings (SSSR count). The van der Waals surface area contributed by atoms with Crippen LogP contribution in [0.4, 0.5) is 0 Å². The highest BCUT2D eigenvalue weighted by atomic mass is 16.6. The molecule has 0 aromatic rings. The third-order valence-corrected chi connectivity index (χ3v) is 15.0. The first-order chi connectivity index (χ1) is 38.0. The highest BCUT2D eigenvalue weighted by Crippen LogP contribution is 2.18. The van der Waals surface area contributed by atoms with Gasteiger partial charge in [-0.3, -0.25) is 14.4 Å². The Labute approximate surface area is 479 Å². The summed E-state index contributed by atoms with van der Waals surface area (Å²) in [5, 5.41) is 0. The van der Waals surface area contributed by atoms with Crippen molar-refractivity contribution in [3.63, 3.8) is 0 Å². The lowest BCUT2D eigenvalue weighted by Gasteiger charge is -2.18. The molecule has 0 saturated carbocycles. The number of unbranched alkanes of at least 4 members (excludes halogenated alkanes) is 41. The van der Waals surface area contributed by atoms with E-state index in [2.05, 4.69) is 81.5 Å².